The number of fused-ring (bicyclic) bond motifs is 5. The summed E-state index contributed by atoms with van der Waals surface area (Å²) in [7, 11) is 1.31. The van der Waals surface area contributed by atoms with Gasteiger partial charge in [0, 0.05) is 11.8 Å². The minimum atomic E-state index is -0.506. The highest BCUT2D eigenvalue weighted by atomic mass is 16.5. The van der Waals surface area contributed by atoms with Crippen LogP contribution in [0.1, 0.15) is 32.6 Å². The molecule has 2 aliphatic carbocycles. The van der Waals surface area contributed by atoms with Crippen LogP contribution in [0.3, 0.4) is 0 Å². The van der Waals surface area contributed by atoms with Gasteiger partial charge >= 0.3 is 5.97 Å². The average Bonchev–Trinajstić information content (AvgIpc) is 3.55. The molecule has 5 nitrogen and oxygen atoms in total. The second-order valence-electron chi connectivity index (χ2n) is 10.1. The fraction of sp³-hybridized carbons (Fsp3) is 0.219. The van der Waals surface area contributed by atoms with Crippen LogP contribution in [-0.2, 0) is 14.3 Å². The number of methoxy groups -OCH3 is 1. The van der Waals surface area contributed by atoms with Crippen molar-refractivity contribution in [1.29, 1.82) is 0 Å². The predicted molar refractivity (Wildman–Crippen MR) is 142 cm³/mol. The number of amides is 2. The van der Waals surface area contributed by atoms with Crippen molar-refractivity contribution in [3.8, 4) is 0 Å². The number of allylic oxidation sites excluding steroid dienone is 3. The predicted octanol–water partition coefficient (Wildman–Crippen LogP) is 5.51. The fourth-order valence-corrected chi connectivity index (χ4v) is 6.18. The first-order valence-electron chi connectivity index (χ1n) is 12.5. The molecule has 3 aromatic carbocycles. The first-order chi connectivity index (χ1) is 17.9. The summed E-state index contributed by atoms with van der Waals surface area (Å²) in [6.07, 6.45) is 4.20. The highest BCUT2D eigenvalue weighted by Crippen LogP contribution is 2.58. The maximum Gasteiger partial charge on any atom is 0.337 e. The molecule has 0 N–H and O–H groups in total. The molecule has 0 aromatic heterocycles. The number of rotatable bonds is 4. The molecule has 0 spiro atoms. The maximum absolute atomic E-state index is 13.8. The summed E-state index contributed by atoms with van der Waals surface area (Å²) < 4.78 is 4.82. The Morgan fingerprint density at radius 3 is 1.73 bits per heavy atom. The molecule has 5 heteroatoms. The lowest BCUT2D eigenvalue weighted by molar-refractivity contribution is -0.122. The van der Waals surface area contributed by atoms with Crippen molar-refractivity contribution in [1.82, 2.24) is 0 Å². The van der Waals surface area contributed by atoms with Crippen LogP contribution in [0.2, 0.25) is 0 Å². The second-order valence-corrected chi connectivity index (χ2v) is 10.1. The molecule has 6 rings (SSSR count). The van der Waals surface area contributed by atoms with E-state index in [0.717, 1.165) is 22.3 Å². The molecule has 0 unspecified atom stereocenters. The van der Waals surface area contributed by atoms with Gasteiger partial charge in [-0.1, -0.05) is 77.9 Å². The van der Waals surface area contributed by atoms with Gasteiger partial charge in [0.15, 0.2) is 0 Å². The number of hydrogen-bond donors (Lipinski definition) is 0. The van der Waals surface area contributed by atoms with Gasteiger partial charge in [0.25, 0.3) is 0 Å². The van der Waals surface area contributed by atoms with Crippen LogP contribution in [-0.4, -0.2) is 24.9 Å². The molecule has 3 aromatic rings. The Balaban J connectivity index is 1.45. The van der Waals surface area contributed by atoms with Gasteiger partial charge in [-0.05, 0) is 54.3 Å². The number of esters is 1. The summed E-state index contributed by atoms with van der Waals surface area (Å²) >= 11 is 0. The summed E-state index contributed by atoms with van der Waals surface area (Å²) in [5.41, 5.74) is 7.50. The van der Waals surface area contributed by atoms with Gasteiger partial charge < -0.3 is 4.74 Å². The molecule has 1 saturated carbocycles. The minimum Gasteiger partial charge on any atom is -0.465 e. The third-order valence-corrected chi connectivity index (χ3v) is 7.91. The summed E-state index contributed by atoms with van der Waals surface area (Å²) in [4.78, 5) is 40.9. The van der Waals surface area contributed by atoms with E-state index in [1.165, 1.54) is 23.1 Å². The van der Waals surface area contributed by atoms with Crippen molar-refractivity contribution in [3.63, 3.8) is 0 Å². The van der Waals surface area contributed by atoms with Gasteiger partial charge in [0.2, 0.25) is 11.8 Å². The molecule has 1 aliphatic heterocycles. The third-order valence-electron chi connectivity index (χ3n) is 7.91. The highest BCUT2D eigenvalue weighted by molar-refractivity contribution is 6.23. The number of nitrogens with zero attached hydrogens (tertiary/aromatic N) is 1. The molecular weight excluding hydrogens is 462 g/mol. The van der Waals surface area contributed by atoms with Crippen LogP contribution < -0.4 is 4.90 Å². The Labute approximate surface area is 216 Å². The Bertz CT molecular complexity index is 1410. The number of imide groups is 1. The summed E-state index contributed by atoms with van der Waals surface area (Å²) in [6, 6.07) is 23.4. The first kappa shape index (κ1) is 23.2. The number of hydrogen-bond acceptors (Lipinski definition) is 4. The monoisotopic (exact) mass is 489 g/mol. The minimum absolute atomic E-state index is 0.155. The van der Waals surface area contributed by atoms with E-state index in [1.807, 2.05) is 0 Å². The average molecular weight is 490 g/mol. The van der Waals surface area contributed by atoms with E-state index in [4.69, 9.17) is 4.74 Å². The van der Waals surface area contributed by atoms with E-state index in [2.05, 4.69) is 74.5 Å². The molecule has 3 aliphatic rings. The van der Waals surface area contributed by atoms with Gasteiger partial charge in [0.05, 0.1) is 30.2 Å². The number of carbonyl (C=O) groups excluding carboxylic acids is 3. The van der Waals surface area contributed by atoms with E-state index in [1.54, 1.807) is 24.3 Å². The number of anilines is 1. The smallest absolute Gasteiger partial charge is 0.337 e. The van der Waals surface area contributed by atoms with Crippen LogP contribution in [0, 0.1) is 37.5 Å². The van der Waals surface area contributed by atoms with Crippen LogP contribution in [0.4, 0.5) is 5.69 Å². The zero-order valence-corrected chi connectivity index (χ0v) is 21.0. The topological polar surface area (TPSA) is 63.7 Å². The number of ether oxygens (including phenoxy) is 1. The zero-order chi connectivity index (χ0) is 25.8. The van der Waals surface area contributed by atoms with Crippen LogP contribution in [0.5, 0.6) is 0 Å². The second kappa shape index (κ2) is 8.70. The molecular formula is C32H27NO4. The van der Waals surface area contributed by atoms with Crippen molar-refractivity contribution >= 4 is 29.0 Å². The Morgan fingerprint density at radius 1 is 0.730 bits per heavy atom. The van der Waals surface area contributed by atoms with Crippen molar-refractivity contribution in [3.05, 3.63) is 118 Å². The van der Waals surface area contributed by atoms with E-state index >= 15 is 0 Å². The Kier molecular flexibility index (Phi) is 5.45. The van der Waals surface area contributed by atoms with Crippen LogP contribution in [0.25, 0.3) is 5.57 Å². The molecule has 2 bridgehead atoms. The molecule has 0 radical (unpaired) electrons. The zero-order valence-electron chi connectivity index (χ0n) is 21.0. The van der Waals surface area contributed by atoms with Gasteiger partial charge in [0.1, 0.15) is 0 Å². The molecule has 2 amide bonds. The molecule has 1 saturated heterocycles. The van der Waals surface area contributed by atoms with E-state index in [0.29, 0.717) is 11.3 Å². The van der Waals surface area contributed by atoms with Crippen molar-refractivity contribution in [2.45, 2.75) is 13.8 Å². The number of benzene rings is 3. The van der Waals surface area contributed by atoms with Gasteiger partial charge in [-0.15, -0.1) is 0 Å². The summed E-state index contributed by atoms with van der Waals surface area (Å²) in [5, 5.41) is 0. The Hall–Kier alpha value is -4.25. The lowest BCUT2D eigenvalue weighted by Gasteiger charge is -2.22. The third kappa shape index (κ3) is 3.57. The quantitative estimate of drug-likeness (QED) is 0.275. The van der Waals surface area contributed by atoms with Gasteiger partial charge in [-0.3, -0.25) is 9.59 Å². The Morgan fingerprint density at radius 2 is 1.24 bits per heavy atom. The van der Waals surface area contributed by atoms with Gasteiger partial charge in [-0.25, -0.2) is 9.69 Å². The lowest BCUT2D eigenvalue weighted by atomic mass is 9.85. The standard InChI is InChI=1S/C32H27NO4/c1-18-7-11-20(12-8-18)26(21-13-9-19(2)10-14-21)27-24-15-16-25(27)29-28(24)30(34)33(31(29)35)23-6-4-5-22(17-23)32(36)37-3/h4-17,24-25,28-29H,1-3H3/t24-,25-,28-,29+/m0/s1. The van der Waals surface area contributed by atoms with E-state index < -0.39 is 17.8 Å². The van der Waals surface area contributed by atoms with E-state index in [-0.39, 0.29) is 23.7 Å². The first-order valence-corrected chi connectivity index (χ1v) is 12.5. The number of carbonyl (C=O) groups is 3. The van der Waals surface area contributed by atoms with Crippen molar-refractivity contribution in [2.75, 3.05) is 12.0 Å². The normalized spacial score (nSPS) is 23.5. The van der Waals surface area contributed by atoms with Crippen molar-refractivity contribution in [2.24, 2.45) is 23.7 Å². The highest BCUT2D eigenvalue weighted by Gasteiger charge is 2.62. The summed E-state index contributed by atoms with van der Waals surface area (Å²) in [5.74, 6) is -2.14. The van der Waals surface area contributed by atoms with Crippen molar-refractivity contribution < 1.29 is 19.1 Å². The fourth-order valence-electron chi connectivity index (χ4n) is 6.18. The van der Waals surface area contributed by atoms with Crippen LogP contribution >= 0.6 is 0 Å². The molecule has 184 valence electrons. The molecule has 4 atom stereocenters. The molecule has 37 heavy (non-hydrogen) atoms. The number of aryl methyl sites for hydroxylation is 2. The largest absolute Gasteiger partial charge is 0.465 e. The van der Waals surface area contributed by atoms with E-state index in [9.17, 15) is 14.4 Å². The van der Waals surface area contributed by atoms with Crippen LogP contribution in [0.15, 0.2) is 90.5 Å². The SMILES string of the molecule is COC(=O)c1cccc(N2C(=O)[C@@H]3[C@H](C2=O)[C@H]2C=C[C@H]3C2=C(c2ccc(C)cc2)c2ccc(C)cc2)c1. The molecule has 1 heterocycles. The summed E-state index contributed by atoms with van der Waals surface area (Å²) in [6.45, 7) is 4.13. The maximum atomic E-state index is 13.8. The molecule has 2 fully saturated rings. The van der Waals surface area contributed by atoms with Gasteiger partial charge in [-0.2, -0.15) is 0 Å². The lowest BCUT2D eigenvalue weighted by Crippen LogP contribution is -2.33.